The first-order chi connectivity index (χ1) is 14.1. The zero-order valence-corrected chi connectivity index (χ0v) is 17.8. The molecular weight excluding hydrogens is 388 g/mol. The Labute approximate surface area is 176 Å². The Morgan fingerprint density at radius 2 is 1.73 bits per heavy atom. The van der Waals surface area contributed by atoms with Crippen molar-refractivity contribution in [2.24, 2.45) is 0 Å². The highest BCUT2D eigenvalue weighted by Gasteiger charge is 2.28. The molecule has 0 spiro atoms. The minimum absolute atomic E-state index is 0.0894. The number of amides is 3. The van der Waals surface area contributed by atoms with Crippen LogP contribution >= 0.6 is 0 Å². The van der Waals surface area contributed by atoms with Crippen LogP contribution in [0.2, 0.25) is 0 Å². The highest BCUT2D eigenvalue weighted by atomic mass is 16.6. The first-order valence-corrected chi connectivity index (χ1v) is 10.2. The lowest BCUT2D eigenvalue weighted by Crippen LogP contribution is -2.45. The summed E-state index contributed by atoms with van der Waals surface area (Å²) < 4.78 is 10.6. The number of piperidine rings is 1. The molecule has 0 aliphatic carbocycles. The highest BCUT2D eigenvalue weighted by Crippen LogP contribution is 2.15. The zero-order valence-electron chi connectivity index (χ0n) is 17.8. The molecule has 1 aliphatic rings. The first kappa shape index (κ1) is 23.4. The third-order valence-corrected chi connectivity index (χ3v) is 4.45. The number of nitrogens with one attached hydrogen (secondary N) is 1. The highest BCUT2D eigenvalue weighted by molar-refractivity contribution is 5.97. The number of likely N-dealkylation sites (tertiary alicyclic amines) is 1. The van der Waals surface area contributed by atoms with Gasteiger partial charge in [0.05, 0.1) is 6.42 Å². The summed E-state index contributed by atoms with van der Waals surface area (Å²) in [6, 6.07) is 8.58. The Hall–Kier alpha value is -2.90. The number of hydrogen-bond acceptors (Lipinski definition) is 6. The smallest absolute Gasteiger partial charge is 0.407 e. The van der Waals surface area contributed by atoms with Gasteiger partial charge in [-0.05, 0) is 39.2 Å². The van der Waals surface area contributed by atoms with Crippen molar-refractivity contribution in [3.8, 4) is 0 Å². The van der Waals surface area contributed by atoms with Gasteiger partial charge in [-0.2, -0.15) is 0 Å². The predicted molar refractivity (Wildman–Crippen MR) is 109 cm³/mol. The molecule has 2 rings (SSSR count). The molecule has 0 saturated carbocycles. The minimum Gasteiger partial charge on any atom is -0.460 e. The number of carbonyl (C=O) groups excluding carboxylic acids is 4. The molecule has 1 atom stereocenters. The van der Waals surface area contributed by atoms with E-state index in [2.05, 4.69) is 5.32 Å². The number of imide groups is 1. The SMILES string of the molecule is CC(C)(C)OC(=O)C[C@H](CCN1C(=O)CCCC1=O)NC(=O)OCc1ccccc1. The van der Waals surface area contributed by atoms with Gasteiger partial charge in [0.2, 0.25) is 11.8 Å². The molecular formula is C22H30N2O6. The van der Waals surface area contributed by atoms with Gasteiger partial charge in [0.15, 0.2) is 0 Å². The topological polar surface area (TPSA) is 102 Å². The molecule has 0 aromatic heterocycles. The van der Waals surface area contributed by atoms with E-state index in [1.54, 1.807) is 20.8 Å². The standard InChI is InChI=1S/C22H30N2O6/c1-22(2,3)30-20(27)14-17(12-13-24-18(25)10-7-11-19(24)26)23-21(28)29-15-16-8-5-4-6-9-16/h4-6,8-9,17H,7,10-15H2,1-3H3,(H,23,28)/t17-/m0/s1. The van der Waals surface area contributed by atoms with E-state index in [9.17, 15) is 19.2 Å². The zero-order chi connectivity index (χ0) is 22.1. The summed E-state index contributed by atoms with van der Waals surface area (Å²) in [5, 5.41) is 2.66. The van der Waals surface area contributed by atoms with Crippen molar-refractivity contribution < 1.29 is 28.7 Å². The Kier molecular flexibility index (Phi) is 8.38. The summed E-state index contributed by atoms with van der Waals surface area (Å²) in [5.74, 6) is -0.935. The van der Waals surface area contributed by atoms with Gasteiger partial charge in [0.25, 0.3) is 0 Å². The molecule has 1 aromatic rings. The third kappa shape index (κ3) is 8.23. The quantitative estimate of drug-likeness (QED) is 0.514. The van der Waals surface area contributed by atoms with Crippen LogP contribution in [-0.2, 0) is 30.5 Å². The molecule has 164 valence electrons. The van der Waals surface area contributed by atoms with E-state index in [4.69, 9.17) is 9.47 Å². The average Bonchev–Trinajstić information content (AvgIpc) is 2.65. The molecule has 1 heterocycles. The van der Waals surface area contributed by atoms with Crippen LogP contribution < -0.4 is 5.32 Å². The molecule has 1 aliphatic heterocycles. The summed E-state index contributed by atoms with van der Waals surface area (Å²) >= 11 is 0. The molecule has 1 N–H and O–H groups in total. The normalized spacial score (nSPS) is 15.5. The van der Waals surface area contributed by atoms with Gasteiger partial charge in [-0.1, -0.05) is 30.3 Å². The van der Waals surface area contributed by atoms with Crippen molar-refractivity contribution >= 4 is 23.9 Å². The van der Waals surface area contributed by atoms with Crippen LogP contribution in [0.4, 0.5) is 4.79 Å². The fourth-order valence-electron chi connectivity index (χ4n) is 3.08. The maximum Gasteiger partial charge on any atom is 0.407 e. The number of alkyl carbamates (subject to hydrolysis) is 1. The maximum atomic E-state index is 12.2. The van der Waals surface area contributed by atoms with E-state index in [0.29, 0.717) is 19.3 Å². The summed E-state index contributed by atoms with van der Waals surface area (Å²) in [6.07, 6.45) is 0.679. The number of ether oxygens (including phenoxy) is 2. The lowest BCUT2D eigenvalue weighted by atomic mass is 10.1. The summed E-state index contributed by atoms with van der Waals surface area (Å²) in [6.45, 7) is 5.49. The Balaban J connectivity index is 1.95. The Morgan fingerprint density at radius 3 is 2.33 bits per heavy atom. The van der Waals surface area contributed by atoms with Crippen LogP contribution in [0.1, 0.15) is 58.4 Å². The van der Waals surface area contributed by atoms with Gasteiger partial charge in [0.1, 0.15) is 12.2 Å². The number of esters is 1. The molecule has 30 heavy (non-hydrogen) atoms. The summed E-state index contributed by atoms with van der Waals surface area (Å²) in [4.78, 5) is 49.7. The second-order valence-corrected chi connectivity index (χ2v) is 8.27. The third-order valence-electron chi connectivity index (χ3n) is 4.45. The van der Waals surface area contributed by atoms with Gasteiger partial charge >= 0.3 is 12.1 Å². The molecule has 3 amide bonds. The maximum absolute atomic E-state index is 12.2. The number of benzene rings is 1. The molecule has 0 bridgehead atoms. The number of hydrogen-bond donors (Lipinski definition) is 1. The van der Waals surface area contributed by atoms with Crippen LogP contribution in [0.3, 0.4) is 0 Å². The molecule has 0 unspecified atom stereocenters. The van der Waals surface area contributed by atoms with Gasteiger partial charge < -0.3 is 14.8 Å². The number of carbonyl (C=O) groups is 4. The number of nitrogens with zero attached hydrogens (tertiary/aromatic N) is 1. The van der Waals surface area contributed by atoms with Crippen molar-refractivity contribution in [3.05, 3.63) is 35.9 Å². The second kappa shape index (κ2) is 10.8. The molecule has 8 nitrogen and oxygen atoms in total. The van der Waals surface area contributed by atoms with Crippen LogP contribution in [0, 0.1) is 0 Å². The lowest BCUT2D eigenvalue weighted by molar-refractivity contribution is -0.155. The van der Waals surface area contributed by atoms with Crippen molar-refractivity contribution in [2.75, 3.05) is 6.54 Å². The van der Waals surface area contributed by atoms with Crippen molar-refractivity contribution in [1.29, 1.82) is 0 Å². The van der Waals surface area contributed by atoms with E-state index in [0.717, 1.165) is 5.56 Å². The van der Waals surface area contributed by atoms with Gasteiger partial charge in [-0.25, -0.2) is 4.79 Å². The average molecular weight is 418 g/mol. The monoisotopic (exact) mass is 418 g/mol. The minimum atomic E-state index is -0.677. The van der Waals surface area contributed by atoms with Gasteiger partial charge in [0, 0.05) is 25.4 Å². The summed E-state index contributed by atoms with van der Waals surface area (Å²) in [7, 11) is 0. The molecule has 1 aromatic carbocycles. The van der Waals surface area contributed by atoms with E-state index in [-0.39, 0.29) is 37.8 Å². The Morgan fingerprint density at radius 1 is 1.10 bits per heavy atom. The van der Waals surface area contributed by atoms with E-state index >= 15 is 0 Å². The van der Waals surface area contributed by atoms with Crippen molar-refractivity contribution in [2.45, 2.75) is 71.1 Å². The molecule has 0 radical (unpaired) electrons. The second-order valence-electron chi connectivity index (χ2n) is 8.27. The molecule has 1 fully saturated rings. The summed E-state index contributed by atoms with van der Waals surface area (Å²) in [5.41, 5.74) is 0.176. The van der Waals surface area contributed by atoms with E-state index in [1.807, 2.05) is 30.3 Å². The van der Waals surface area contributed by atoms with Crippen LogP contribution in [-0.4, -0.2) is 47.0 Å². The molecule has 8 heteroatoms. The Bertz CT molecular complexity index is 741. The predicted octanol–water partition coefficient (Wildman–Crippen LogP) is 2.94. The van der Waals surface area contributed by atoms with Crippen molar-refractivity contribution in [1.82, 2.24) is 10.2 Å². The molecule has 1 saturated heterocycles. The number of rotatable bonds is 8. The lowest BCUT2D eigenvalue weighted by Gasteiger charge is -2.27. The largest absolute Gasteiger partial charge is 0.460 e. The van der Waals surface area contributed by atoms with Crippen LogP contribution in [0.15, 0.2) is 30.3 Å². The van der Waals surface area contributed by atoms with Crippen LogP contribution in [0.5, 0.6) is 0 Å². The van der Waals surface area contributed by atoms with Gasteiger partial charge in [-0.3, -0.25) is 19.3 Å². The fraction of sp³-hybridized carbons (Fsp3) is 0.545. The van der Waals surface area contributed by atoms with E-state index < -0.39 is 23.7 Å². The first-order valence-electron chi connectivity index (χ1n) is 10.2. The van der Waals surface area contributed by atoms with Crippen LogP contribution in [0.25, 0.3) is 0 Å². The van der Waals surface area contributed by atoms with Crippen molar-refractivity contribution in [3.63, 3.8) is 0 Å². The van der Waals surface area contributed by atoms with E-state index in [1.165, 1.54) is 4.90 Å². The fourth-order valence-corrected chi connectivity index (χ4v) is 3.08. The van der Waals surface area contributed by atoms with Gasteiger partial charge in [-0.15, -0.1) is 0 Å².